The number of oxazole rings is 1. The minimum atomic E-state index is 0.581. The second kappa shape index (κ2) is 3.49. The lowest BCUT2D eigenvalue weighted by Gasteiger charge is -1.95. The smallest absolute Gasteiger partial charge is 0.261 e. The Kier molecular flexibility index (Phi) is 2.18. The van der Waals surface area contributed by atoms with Crippen LogP contribution < -0.4 is 5.73 Å². The molecule has 0 amide bonds. The maximum absolute atomic E-state index is 5.49. The van der Waals surface area contributed by atoms with Crippen molar-refractivity contribution in [2.45, 2.75) is 10.2 Å². The molecule has 2 aromatic heterocycles. The van der Waals surface area contributed by atoms with E-state index in [1.54, 1.807) is 18.5 Å². The molecule has 2 rings (SSSR count). The molecule has 13 heavy (non-hydrogen) atoms. The number of nitrogen functional groups attached to an aromatic ring is 1. The van der Waals surface area contributed by atoms with E-state index in [1.165, 1.54) is 18.0 Å². The zero-order chi connectivity index (χ0) is 9.10. The van der Waals surface area contributed by atoms with Gasteiger partial charge in [-0.1, -0.05) is 0 Å². The summed E-state index contributed by atoms with van der Waals surface area (Å²) in [5, 5.41) is 1.40. The molecule has 0 aliphatic carbocycles. The van der Waals surface area contributed by atoms with Crippen molar-refractivity contribution >= 4 is 17.4 Å². The Morgan fingerprint density at radius 2 is 2.23 bits per heavy atom. The molecule has 0 saturated heterocycles. The first-order valence-corrected chi connectivity index (χ1v) is 4.45. The predicted octanol–water partition coefficient (Wildman–Crippen LogP) is 1.80. The van der Waals surface area contributed by atoms with Crippen LogP contribution in [-0.4, -0.2) is 9.97 Å². The van der Waals surface area contributed by atoms with Gasteiger partial charge >= 0.3 is 0 Å². The van der Waals surface area contributed by atoms with E-state index in [9.17, 15) is 0 Å². The molecule has 2 heterocycles. The third-order valence-corrected chi connectivity index (χ3v) is 2.19. The second-order valence-electron chi connectivity index (χ2n) is 2.33. The normalized spacial score (nSPS) is 10.2. The summed E-state index contributed by atoms with van der Waals surface area (Å²) in [5.74, 6) is 0. The molecule has 0 fully saturated rings. The lowest BCUT2D eigenvalue weighted by molar-refractivity contribution is 0.454. The van der Waals surface area contributed by atoms with Crippen LogP contribution in [-0.2, 0) is 0 Å². The van der Waals surface area contributed by atoms with E-state index < -0.39 is 0 Å². The number of anilines is 1. The van der Waals surface area contributed by atoms with E-state index in [2.05, 4.69) is 9.97 Å². The Morgan fingerprint density at radius 3 is 2.85 bits per heavy atom. The molecule has 0 unspecified atom stereocenters. The van der Waals surface area contributed by atoms with Crippen LogP contribution in [0.15, 0.2) is 45.5 Å². The third-order valence-electron chi connectivity index (χ3n) is 1.36. The fourth-order valence-electron chi connectivity index (χ4n) is 0.802. The molecule has 0 aromatic carbocycles. The first-order valence-electron chi connectivity index (χ1n) is 3.63. The topological polar surface area (TPSA) is 64.9 Å². The van der Waals surface area contributed by atoms with E-state index in [0.29, 0.717) is 10.9 Å². The molecular weight excluding hydrogens is 186 g/mol. The lowest BCUT2D eigenvalue weighted by atomic mass is 10.4. The Bertz CT molecular complexity index is 371. The molecule has 0 radical (unpaired) electrons. The summed E-state index contributed by atoms with van der Waals surface area (Å²) in [5.41, 5.74) is 6.14. The Hall–Kier alpha value is -1.49. The van der Waals surface area contributed by atoms with Crippen molar-refractivity contribution in [2.75, 3.05) is 5.73 Å². The van der Waals surface area contributed by atoms with E-state index >= 15 is 0 Å². The van der Waals surface area contributed by atoms with Crippen molar-refractivity contribution in [3.05, 3.63) is 30.8 Å². The van der Waals surface area contributed by atoms with Gasteiger partial charge in [-0.15, -0.1) is 0 Å². The fourth-order valence-corrected chi connectivity index (χ4v) is 1.44. The van der Waals surface area contributed by atoms with E-state index in [1.807, 2.05) is 6.07 Å². The molecule has 4 nitrogen and oxygen atoms in total. The van der Waals surface area contributed by atoms with Crippen molar-refractivity contribution in [2.24, 2.45) is 0 Å². The van der Waals surface area contributed by atoms with Gasteiger partial charge in [-0.2, -0.15) is 0 Å². The summed E-state index contributed by atoms with van der Waals surface area (Å²) >= 11 is 1.36. The van der Waals surface area contributed by atoms with Gasteiger partial charge < -0.3 is 10.2 Å². The van der Waals surface area contributed by atoms with Gasteiger partial charge in [0.05, 0.1) is 18.1 Å². The lowest BCUT2D eigenvalue weighted by Crippen LogP contribution is -1.86. The Balaban J connectivity index is 2.15. The average molecular weight is 193 g/mol. The van der Waals surface area contributed by atoms with Crippen LogP contribution in [0.5, 0.6) is 0 Å². The first kappa shape index (κ1) is 8.12. The van der Waals surface area contributed by atoms with Gasteiger partial charge in [0.15, 0.2) is 0 Å². The van der Waals surface area contributed by atoms with Crippen molar-refractivity contribution < 1.29 is 4.42 Å². The zero-order valence-electron chi connectivity index (χ0n) is 6.68. The zero-order valence-corrected chi connectivity index (χ0v) is 7.49. The number of aromatic nitrogens is 2. The summed E-state index contributed by atoms with van der Waals surface area (Å²) in [6.45, 7) is 0. The third kappa shape index (κ3) is 2.00. The summed E-state index contributed by atoms with van der Waals surface area (Å²) in [6, 6.07) is 3.61. The number of nitrogens with zero attached hydrogens (tertiary/aromatic N) is 2. The Labute approximate surface area is 79.2 Å². The number of pyridine rings is 1. The molecule has 2 N–H and O–H groups in total. The Morgan fingerprint density at radius 1 is 1.31 bits per heavy atom. The molecular formula is C8H7N3OS. The average Bonchev–Trinajstić information content (AvgIpc) is 2.62. The number of hydrogen-bond acceptors (Lipinski definition) is 5. The number of nitrogens with two attached hydrogens (primary N) is 1. The number of rotatable bonds is 2. The van der Waals surface area contributed by atoms with Crippen LogP contribution in [0.3, 0.4) is 0 Å². The van der Waals surface area contributed by atoms with Crippen molar-refractivity contribution in [3.63, 3.8) is 0 Å². The van der Waals surface area contributed by atoms with Crippen LogP contribution in [0.25, 0.3) is 0 Å². The maximum atomic E-state index is 5.49. The van der Waals surface area contributed by atoms with Crippen LogP contribution in [0, 0.1) is 0 Å². The molecule has 0 aliphatic heterocycles. The van der Waals surface area contributed by atoms with Gasteiger partial charge in [-0.05, 0) is 23.9 Å². The summed E-state index contributed by atoms with van der Waals surface area (Å²) in [4.78, 5) is 8.05. The van der Waals surface area contributed by atoms with E-state index in [-0.39, 0.29) is 0 Å². The highest BCUT2D eigenvalue weighted by Gasteiger charge is 2.01. The van der Waals surface area contributed by atoms with Gasteiger partial charge in [-0.25, -0.2) is 9.97 Å². The molecule has 0 aliphatic rings. The highest BCUT2D eigenvalue weighted by Crippen LogP contribution is 2.23. The van der Waals surface area contributed by atoms with Gasteiger partial charge in [0.25, 0.3) is 5.22 Å². The molecule has 0 atom stereocenters. The minimum absolute atomic E-state index is 0.581. The predicted molar refractivity (Wildman–Crippen MR) is 49.3 cm³/mol. The largest absolute Gasteiger partial charge is 0.440 e. The van der Waals surface area contributed by atoms with Crippen molar-refractivity contribution in [1.29, 1.82) is 0 Å². The number of hydrogen-bond donors (Lipinski definition) is 1. The molecule has 2 aromatic rings. The summed E-state index contributed by atoms with van der Waals surface area (Å²) in [7, 11) is 0. The van der Waals surface area contributed by atoms with Gasteiger partial charge in [0.2, 0.25) is 0 Å². The van der Waals surface area contributed by atoms with Crippen molar-refractivity contribution in [1.82, 2.24) is 9.97 Å². The molecule has 0 saturated carbocycles. The van der Waals surface area contributed by atoms with Gasteiger partial charge in [0.1, 0.15) is 11.3 Å². The highest BCUT2D eigenvalue weighted by molar-refractivity contribution is 7.99. The van der Waals surface area contributed by atoms with E-state index in [0.717, 1.165) is 5.03 Å². The van der Waals surface area contributed by atoms with Gasteiger partial charge in [-0.3, -0.25) is 0 Å². The van der Waals surface area contributed by atoms with Crippen LogP contribution >= 0.6 is 11.8 Å². The molecule has 66 valence electrons. The summed E-state index contributed by atoms with van der Waals surface area (Å²) < 4.78 is 5.05. The summed E-state index contributed by atoms with van der Waals surface area (Å²) in [6.07, 6.45) is 4.73. The van der Waals surface area contributed by atoms with Crippen LogP contribution in [0.4, 0.5) is 5.69 Å². The molecule has 5 heteroatoms. The standard InChI is InChI=1S/C8H7N3OS/c9-6-1-2-7(11-5-6)13-8-10-3-4-12-8/h1-5H,9H2. The first-order chi connectivity index (χ1) is 6.34. The van der Waals surface area contributed by atoms with Crippen molar-refractivity contribution in [3.8, 4) is 0 Å². The minimum Gasteiger partial charge on any atom is -0.440 e. The monoisotopic (exact) mass is 193 g/mol. The fraction of sp³-hybridized carbons (Fsp3) is 0. The second-order valence-corrected chi connectivity index (χ2v) is 3.30. The molecule has 0 bridgehead atoms. The van der Waals surface area contributed by atoms with E-state index in [4.69, 9.17) is 10.2 Å². The highest BCUT2D eigenvalue weighted by atomic mass is 32.2. The maximum Gasteiger partial charge on any atom is 0.261 e. The SMILES string of the molecule is Nc1ccc(Sc2ncco2)nc1. The van der Waals surface area contributed by atoms with Crippen LogP contribution in [0.1, 0.15) is 0 Å². The van der Waals surface area contributed by atoms with Crippen LogP contribution in [0.2, 0.25) is 0 Å². The quantitative estimate of drug-likeness (QED) is 0.787. The van der Waals surface area contributed by atoms with Gasteiger partial charge in [0, 0.05) is 0 Å². The molecule has 0 spiro atoms.